The van der Waals surface area contributed by atoms with Crippen molar-refractivity contribution < 1.29 is 0 Å². The van der Waals surface area contributed by atoms with Crippen LogP contribution in [-0.2, 0) is 13.0 Å². The molecule has 0 saturated carbocycles. The molecule has 2 heterocycles. The number of thiophene rings is 1. The fourth-order valence-electron chi connectivity index (χ4n) is 1.73. The molecule has 2 N–H and O–H groups in total. The van der Waals surface area contributed by atoms with Crippen LogP contribution in [0.3, 0.4) is 0 Å². The van der Waals surface area contributed by atoms with E-state index in [2.05, 4.69) is 48.4 Å². The van der Waals surface area contributed by atoms with Crippen LogP contribution < -0.4 is 5.32 Å². The zero-order valence-electron chi connectivity index (χ0n) is 10.6. The number of nitrogens with one attached hydrogen (secondary N) is 2. The Hall–Kier alpha value is -1.13. The Balaban J connectivity index is 1.93. The summed E-state index contributed by atoms with van der Waals surface area (Å²) in [5.41, 5.74) is 2.38. The number of rotatable bonds is 5. The fourth-order valence-corrected chi connectivity index (χ4v) is 2.71. The first-order valence-corrected chi connectivity index (χ1v) is 6.83. The molecule has 0 aliphatic heterocycles. The molecule has 4 heteroatoms. The molecule has 0 spiro atoms. The van der Waals surface area contributed by atoms with E-state index in [0.29, 0.717) is 6.04 Å². The molecule has 3 nitrogen and oxygen atoms in total. The Morgan fingerprint density at radius 3 is 2.88 bits per heavy atom. The molecule has 0 radical (unpaired) electrons. The van der Waals surface area contributed by atoms with Crippen molar-refractivity contribution >= 4 is 11.3 Å². The largest absolute Gasteiger partial charge is 0.305 e. The Morgan fingerprint density at radius 2 is 2.29 bits per heavy atom. The van der Waals surface area contributed by atoms with Gasteiger partial charge >= 0.3 is 0 Å². The highest BCUT2D eigenvalue weighted by molar-refractivity contribution is 7.12. The second-order valence-corrected chi connectivity index (χ2v) is 5.48. The zero-order valence-corrected chi connectivity index (χ0v) is 11.4. The van der Waals surface area contributed by atoms with Gasteiger partial charge in [-0.05, 0) is 32.4 Å². The molecule has 1 atom stereocenters. The predicted molar refractivity (Wildman–Crippen MR) is 72.3 cm³/mol. The summed E-state index contributed by atoms with van der Waals surface area (Å²) in [4.78, 5) is 2.86. The zero-order chi connectivity index (χ0) is 12.3. The van der Waals surface area contributed by atoms with Gasteiger partial charge in [0.15, 0.2) is 0 Å². The molecule has 0 fully saturated rings. The van der Waals surface area contributed by atoms with Crippen molar-refractivity contribution in [3.05, 3.63) is 39.3 Å². The van der Waals surface area contributed by atoms with Crippen LogP contribution >= 0.6 is 11.3 Å². The molecule has 2 aromatic rings. The number of aromatic amines is 1. The Morgan fingerprint density at radius 1 is 1.47 bits per heavy atom. The lowest BCUT2D eigenvalue weighted by atomic mass is 10.2. The summed E-state index contributed by atoms with van der Waals surface area (Å²) in [5, 5.41) is 10.5. The normalized spacial score (nSPS) is 12.9. The van der Waals surface area contributed by atoms with Gasteiger partial charge in [0.2, 0.25) is 0 Å². The minimum atomic E-state index is 0.398. The van der Waals surface area contributed by atoms with E-state index in [9.17, 15) is 0 Å². The van der Waals surface area contributed by atoms with Crippen LogP contribution in [0.4, 0.5) is 0 Å². The van der Waals surface area contributed by atoms with Gasteiger partial charge in [0.1, 0.15) is 0 Å². The van der Waals surface area contributed by atoms with E-state index in [1.807, 2.05) is 17.5 Å². The SMILES string of the molecule is CCc1ccc(C(C)NCc2cn[nH]c2C)s1. The predicted octanol–water partition coefficient (Wildman–Crippen LogP) is 3.19. The van der Waals surface area contributed by atoms with Crippen molar-refractivity contribution in [2.75, 3.05) is 0 Å². The lowest BCUT2D eigenvalue weighted by molar-refractivity contribution is 0.581. The molecule has 2 rings (SSSR count). The van der Waals surface area contributed by atoms with Crippen molar-refractivity contribution in [3.8, 4) is 0 Å². The van der Waals surface area contributed by atoms with E-state index < -0.39 is 0 Å². The smallest absolute Gasteiger partial charge is 0.0535 e. The fraction of sp³-hybridized carbons (Fsp3) is 0.462. The lowest BCUT2D eigenvalue weighted by Gasteiger charge is -2.11. The van der Waals surface area contributed by atoms with Crippen molar-refractivity contribution in [1.29, 1.82) is 0 Å². The Kier molecular flexibility index (Phi) is 3.97. The van der Waals surface area contributed by atoms with Crippen molar-refractivity contribution in [1.82, 2.24) is 15.5 Å². The second kappa shape index (κ2) is 5.47. The molecular weight excluding hydrogens is 230 g/mol. The maximum absolute atomic E-state index is 4.03. The van der Waals surface area contributed by atoms with E-state index in [-0.39, 0.29) is 0 Å². The third-order valence-electron chi connectivity index (χ3n) is 2.99. The van der Waals surface area contributed by atoms with Gasteiger partial charge < -0.3 is 5.32 Å². The molecule has 2 aromatic heterocycles. The Labute approximate surface area is 106 Å². The second-order valence-electron chi connectivity index (χ2n) is 4.28. The van der Waals surface area contributed by atoms with Crippen molar-refractivity contribution in [2.45, 2.75) is 39.8 Å². The lowest BCUT2D eigenvalue weighted by Crippen LogP contribution is -2.17. The number of hydrogen-bond acceptors (Lipinski definition) is 3. The van der Waals surface area contributed by atoms with Gasteiger partial charge in [-0.3, -0.25) is 5.10 Å². The van der Waals surface area contributed by atoms with E-state index in [1.54, 1.807) is 0 Å². The average Bonchev–Trinajstić information content (AvgIpc) is 2.94. The average molecular weight is 249 g/mol. The third-order valence-corrected chi connectivity index (χ3v) is 4.40. The first kappa shape index (κ1) is 12.3. The maximum atomic E-state index is 4.03. The van der Waals surface area contributed by atoms with E-state index in [0.717, 1.165) is 18.7 Å². The third kappa shape index (κ3) is 2.96. The van der Waals surface area contributed by atoms with Crippen LogP contribution in [0.25, 0.3) is 0 Å². The van der Waals surface area contributed by atoms with Gasteiger partial charge in [0.05, 0.1) is 6.20 Å². The van der Waals surface area contributed by atoms with Crippen LogP contribution in [-0.4, -0.2) is 10.2 Å². The highest BCUT2D eigenvalue weighted by atomic mass is 32.1. The van der Waals surface area contributed by atoms with Gasteiger partial charge in [0.25, 0.3) is 0 Å². The van der Waals surface area contributed by atoms with Crippen molar-refractivity contribution in [3.63, 3.8) is 0 Å². The number of hydrogen-bond donors (Lipinski definition) is 2. The first-order chi connectivity index (χ1) is 8.20. The van der Waals surface area contributed by atoms with Gasteiger partial charge in [-0.15, -0.1) is 11.3 Å². The summed E-state index contributed by atoms with van der Waals surface area (Å²) in [6.45, 7) is 7.32. The highest BCUT2D eigenvalue weighted by Crippen LogP contribution is 2.23. The van der Waals surface area contributed by atoms with Crippen LogP contribution in [0.5, 0.6) is 0 Å². The molecule has 17 heavy (non-hydrogen) atoms. The molecule has 0 aromatic carbocycles. The molecule has 0 saturated heterocycles. The van der Waals surface area contributed by atoms with Crippen LogP contribution in [0.2, 0.25) is 0 Å². The molecule has 0 aliphatic rings. The van der Waals surface area contributed by atoms with E-state index >= 15 is 0 Å². The number of aryl methyl sites for hydroxylation is 2. The van der Waals surface area contributed by atoms with Gasteiger partial charge in [-0.2, -0.15) is 5.10 Å². The summed E-state index contributed by atoms with van der Waals surface area (Å²) >= 11 is 1.90. The summed E-state index contributed by atoms with van der Waals surface area (Å²) in [6, 6.07) is 4.85. The topological polar surface area (TPSA) is 40.7 Å². The Bertz CT molecular complexity index is 472. The monoisotopic (exact) mass is 249 g/mol. The number of H-pyrrole nitrogens is 1. The minimum Gasteiger partial charge on any atom is -0.305 e. The van der Waals surface area contributed by atoms with Gasteiger partial charge in [-0.1, -0.05) is 6.92 Å². The van der Waals surface area contributed by atoms with Crippen LogP contribution in [0.15, 0.2) is 18.3 Å². The summed E-state index contributed by atoms with van der Waals surface area (Å²) < 4.78 is 0. The van der Waals surface area contributed by atoms with Gasteiger partial charge in [-0.25, -0.2) is 0 Å². The molecule has 0 amide bonds. The minimum absolute atomic E-state index is 0.398. The van der Waals surface area contributed by atoms with Crippen LogP contribution in [0, 0.1) is 6.92 Å². The summed E-state index contributed by atoms with van der Waals surface area (Å²) in [5.74, 6) is 0. The quantitative estimate of drug-likeness (QED) is 0.854. The standard InChI is InChI=1S/C13H19N3S/c1-4-12-5-6-13(17-12)10(3)14-7-11-8-15-16-9(11)2/h5-6,8,10,14H,4,7H2,1-3H3,(H,15,16). The number of nitrogens with zero attached hydrogens (tertiary/aromatic N) is 1. The summed E-state index contributed by atoms with van der Waals surface area (Å²) in [6.07, 6.45) is 3.01. The van der Waals surface area contributed by atoms with Crippen LogP contribution in [0.1, 0.15) is 40.9 Å². The molecule has 92 valence electrons. The highest BCUT2D eigenvalue weighted by Gasteiger charge is 2.08. The molecule has 0 bridgehead atoms. The summed E-state index contributed by atoms with van der Waals surface area (Å²) in [7, 11) is 0. The van der Waals surface area contributed by atoms with Crippen molar-refractivity contribution in [2.24, 2.45) is 0 Å². The van der Waals surface area contributed by atoms with Gasteiger partial charge in [0, 0.05) is 33.6 Å². The number of aromatic nitrogens is 2. The van der Waals surface area contributed by atoms with E-state index in [1.165, 1.54) is 15.3 Å². The molecular formula is C13H19N3S. The molecule has 0 aliphatic carbocycles. The first-order valence-electron chi connectivity index (χ1n) is 6.01. The maximum Gasteiger partial charge on any atom is 0.0535 e. The molecule has 1 unspecified atom stereocenters. The van der Waals surface area contributed by atoms with E-state index in [4.69, 9.17) is 0 Å².